The molecule has 0 saturated carbocycles. The average molecular weight is 284 g/mol. The summed E-state index contributed by atoms with van der Waals surface area (Å²) in [7, 11) is 0. The van der Waals surface area contributed by atoms with E-state index in [1.54, 1.807) is 24.4 Å². The van der Waals surface area contributed by atoms with Crippen LogP contribution >= 0.6 is 0 Å². The zero-order valence-corrected chi connectivity index (χ0v) is 12.1. The van der Waals surface area contributed by atoms with E-state index in [1.165, 1.54) is 0 Å². The Morgan fingerprint density at radius 3 is 2.90 bits per heavy atom. The summed E-state index contributed by atoms with van der Waals surface area (Å²) in [4.78, 5) is 15.9. The Kier molecular flexibility index (Phi) is 5.15. The van der Waals surface area contributed by atoms with Crippen molar-refractivity contribution in [3.05, 3.63) is 53.9 Å². The Bertz CT molecular complexity index is 598. The third-order valence-corrected chi connectivity index (χ3v) is 3.10. The van der Waals surface area contributed by atoms with Crippen LogP contribution in [0.1, 0.15) is 22.8 Å². The molecule has 5 nitrogen and oxygen atoms in total. The number of aromatic nitrogens is 1. The maximum absolute atomic E-state index is 11.8. The highest BCUT2D eigenvalue weighted by molar-refractivity contribution is 5.96. The van der Waals surface area contributed by atoms with Gasteiger partial charge in [-0.3, -0.25) is 9.78 Å². The van der Waals surface area contributed by atoms with Crippen LogP contribution in [0.4, 0.5) is 11.4 Å². The lowest BCUT2D eigenvalue weighted by Gasteiger charge is -2.11. The molecule has 5 heteroatoms. The van der Waals surface area contributed by atoms with Crippen molar-refractivity contribution in [3.63, 3.8) is 0 Å². The molecule has 0 saturated heterocycles. The van der Waals surface area contributed by atoms with Crippen molar-refractivity contribution in [1.29, 1.82) is 0 Å². The van der Waals surface area contributed by atoms with Gasteiger partial charge in [0, 0.05) is 31.0 Å². The monoisotopic (exact) mass is 284 g/mol. The van der Waals surface area contributed by atoms with Gasteiger partial charge >= 0.3 is 0 Å². The molecule has 0 fully saturated rings. The number of pyridine rings is 1. The zero-order valence-electron chi connectivity index (χ0n) is 12.1. The first kappa shape index (κ1) is 14.8. The molecular weight excluding hydrogens is 264 g/mol. The molecule has 0 aliphatic carbocycles. The van der Waals surface area contributed by atoms with E-state index in [0.717, 1.165) is 24.2 Å². The smallest absolute Gasteiger partial charge is 0.251 e. The Hall–Kier alpha value is -2.56. The van der Waals surface area contributed by atoms with Gasteiger partial charge in [0.25, 0.3) is 5.91 Å². The third kappa shape index (κ3) is 4.21. The molecule has 4 N–H and O–H groups in total. The first-order chi connectivity index (χ1) is 10.2. The lowest BCUT2D eigenvalue weighted by Crippen LogP contribution is -2.22. The number of benzene rings is 1. The van der Waals surface area contributed by atoms with Crippen LogP contribution in [0, 0.1) is 0 Å². The van der Waals surface area contributed by atoms with Gasteiger partial charge in [-0.05, 0) is 43.2 Å². The molecular formula is C16H20N4O. The molecule has 1 aromatic heterocycles. The minimum absolute atomic E-state index is 0.0900. The number of nitrogens with two attached hydrogens (primary N) is 1. The lowest BCUT2D eigenvalue weighted by atomic mass is 10.1. The molecule has 0 radical (unpaired) electrons. The highest BCUT2D eigenvalue weighted by Crippen LogP contribution is 2.20. The lowest BCUT2D eigenvalue weighted by molar-refractivity contribution is 0.0956. The second-order valence-corrected chi connectivity index (χ2v) is 4.70. The summed E-state index contributed by atoms with van der Waals surface area (Å²) < 4.78 is 0. The first-order valence-corrected chi connectivity index (χ1v) is 7.01. The van der Waals surface area contributed by atoms with E-state index >= 15 is 0 Å². The van der Waals surface area contributed by atoms with Gasteiger partial charge in [0.05, 0.1) is 11.4 Å². The van der Waals surface area contributed by atoms with Crippen LogP contribution in [0.3, 0.4) is 0 Å². The van der Waals surface area contributed by atoms with E-state index in [0.29, 0.717) is 17.8 Å². The van der Waals surface area contributed by atoms with Crippen LogP contribution in [0.15, 0.2) is 42.7 Å². The number of nitrogen functional groups attached to an aromatic ring is 1. The Labute approximate surface area is 124 Å². The van der Waals surface area contributed by atoms with Gasteiger partial charge in [0.2, 0.25) is 0 Å². The molecule has 1 heterocycles. The van der Waals surface area contributed by atoms with Crippen molar-refractivity contribution in [2.75, 3.05) is 24.1 Å². The van der Waals surface area contributed by atoms with Gasteiger partial charge in [-0.2, -0.15) is 0 Å². The number of hydrogen-bond acceptors (Lipinski definition) is 4. The highest BCUT2D eigenvalue weighted by atomic mass is 16.1. The molecule has 2 aromatic rings. The minimum atomic E-state index is -0.0900. The number of nitrogens with zero attached hydrogens (tertiary/aromatic N) is 1. The van der Waals surface area contributed by atoms with Crippen molar-refractivity contribution in [3.8, 4) is 0 Å². The van der Waals surface area contributed by atoms with Gasteiger partial charge in [-0.25, -0.2) is 0 Å². The van der Waals surface area contributed by atoms with Crippen LogP contribution in [-0.4, -0.2) is 24.0 Å². The number of amides is 1. The number of anilines is 2. The fourth-order valence-electron chi connectivity index (χ4n) is 2.00. The summed E-state index contributed by atoms with van der Waals surface area (Å²) in [5.74, 6) is -0.0900. The van der Waals surface area contributed by atoms with Crippen LogP contribution in [-0.2, 0) is 6.42 Å². The van der Waals surface area contributed by atoms with Crippen LogP contribution in [0.2, 0.25) is 0 Å². The molecule has 0 aliphatic rings. The van der Waals surface area contributed by atoms with Gasteiger partial charge in [0.15, 0.2) is 0 Å². The molecule has 1 amide bonds. The van der Waals surface area contributed by atoms with Crippen molar-refractivity contribution >= 4 is 17.3 Å². The normalized spacial score (nSPS) is 10.1. The molecule has 1 aromatic carbocycles. The van der Waals surface area contributed by atoms with Gasteiger partial charge in [-0.1, -0.05) is 6.07 Å². The number of nitrogens with one attached hydrogen (secondary N) is 2. The number of hydrogen-bond donors (Lipinski definition) is 3. The highest BCUT2D eigenvalue weighted by Gasteiger charge is 2.07. The summed E-state index contributed by atoms with van der Waals surface area (Å²) >= 11 is 0. The second-order valence-electron chi connectivity index (χ2n) is 4.70. The van der Waals surface area contributed by atoms with Gasteiger partial charge in [-0.15, -0.1) is 0 Å². The summed E-state index contributed by atoms with van der Waals surface area (Å²) in [6.07, 6.45) is 4.44. The van der Waals surface area contributed by atoms with Crippen molar-refractivity contribution < 1.29 is 4.79 Å². The second kappa shape index (κ2) is 7.28. The third-order valence-electron chi connectivity index (χ3n) is 3.10. The molecule has 0 unspecified atom stereocenters. The van der Waals surface area contributed by atoms with Crippen molar-refractivity contribution in [2.24, 2.45) is 0 Å². The fraction of sp³-hybridized carbons (Fsp3) is 0.250. The maximum atomic E-state index is 11.8. The minimum Gasteiger partial charge on any atom is -0.397 e. The summed E-state index contributed by atoms with van der Waals surface area (Å²) in [6.45, 7) is 3.23. The maximum Gasteiger partial charge on any atom is 0.251 e. The van der Waals surface area contributed by atoms with Crippen molar-refractivity contribution in [2.45, 2.75) is 13.3 Å². The number of rotatable bonds is 6. The largest absolute Gasteiger partial charge is 0.397 e. The van der Waals surface area contributed by atoms with Crippen LogP contribution in [0.25, 0.3) is 0 Å². The summed E-state index contributed by atoms with van der Waals surface area (Å²) in [5, 5.41) is 6.04. The molecule has 21 heavy (non-hydrogen) atoms. The quantitative estimate of drug-likeness (QED) is 0.709. The predicted octanol–water partition coefficient (Wildman–Crippen LogP) is 2.07. The topological polar surface area (TPSA) is 80.0 Å². The Balaban J connectivity index is 1.99. The average Bonchev–Trinajstić information content (AvgIpc) is 2.50. The first-order valence-electron chi connectivity index (χ1n) is 7.01. The molecule has 0 spiro atoms. The molecule has 0 bridgehead atoms. The van der Waals surface area contributed by atoms with Crippen LogP contribution < -0.4 is 16.4 Å². The van der Waals surface area contributed by atoms with Crippen LogP contribution in [0.5, 0.6) is 0 Å². The number of carbonyl (C=O) groups excluding carboxylic acids is 1. The molecule has 2 rings (SSSR count). The van der Waals surface area contributed by atoms with E-state index in [1.807, 2.05) is 25.3 Å². The van der Waals surface area contributed by atoms with E-state index in [2.05, 4.69) is 15.6 Å². The zero-order chi connectivity index (χ0) is 15.1. The predicted molar refractivity (Wildman–Crippen MR) is 85.3 cm³/mol. The van der Waals surface area contributed by atoms with E-state index < -0.39 is 0 Å². The Morgan fingerprint density at radius 2 is 2.19 bits per heavy atom. The molecule has 0 atom stereocenters. The van der Waals surface area contributed by atoms with Crippen molar-refractivity contribution in [1.82, 2.24) is 10.3 Å². The summed E-state index contributed by atoms with van der Waals surface area (Å²) in [5.41, 5.74) is 9.11. The van der Waals surface area contributed by atoms with Gasteiger partial charge in [0.1, 0.15) is 0 Å². The number of carbonyl (C=O) groups is 1. The Morgan fingerprint density at radius 1 is 1.33 bits per heavy atom. The standard InChI is InChI=1S/C16H20N4O/c1-2-19-16(21)13-5-6-14(17)15(10-13)20-9-7-12-4-3-8-18-11-12/h3-6,8,10-11,20H,2,7,9,17H2,1H3,(H,19,21). The SMILES string of the molecule is CCNC(=O)c1ccc(N)c(NCCc2cccnc2)c1. The molecule has 110 valence electrons. The summed E-state index contributed by atoms with van der Waals surface area (Å²) in [6, 6.07) is 9.20. The molecule has 0 aliphatic heterocycles. The van der Waals surface area contributed by atoms with E-state index in [-0.39, 0.29) is 5.91 Å². The fourth-order valence-corrected chi connectivity index (χ4v) is 2.00. The van der Waals surface area contributed by atoms with Gasteiger partial charge < -0.3 is 16.4 Å². The van der Waals surface area contributed by atoms with E-state index in [9.17, 15) is 4.79 Å². The van der Waals surface area contributed by atoms with E-state index in [4.69, 9.17) is 5.73 Å².